The summed E-state index contributed by atoms with van der Waals surface area (Å²) >= 11 is 0. The molecule has 0 saturated heterocycles. The molecule has 1 atom stereocenters. The lowest BCUT2D eigenvalue weighted by molar-refractivity contribution is -0.135. The van der Waals surface area contributed by atoms with Crippen LogP contribution in [0.5, 0.6) is 0 Å². The van der Waals surface area contributed by atoms with E-state index in [2.05, 4.69) is 0 Å². The Labute approximate surface area is 125 Å². The van der Waals surface area contributed by atoms with E-state index in [-0.39, 0.29) is 12.8 Å². The minimum absolute atomic E-state index is 0.00876. The molecule has 0 aromatic heterocycles. The Balaban J connectivity index is 3.66. The fraction of sp³-hybridized carbons (Fsp3) is 1.00. The van der Waals surface area contributed by atoms with E-state index < -0.39 is 40.6 Å². The molecule has 0 rings (SSSR count). The van der Waals surface area contributed by atoms with Gasteiger partial charge >= 0.3 is 21.5 Å². The Bertz CT molecular complexity index is 408. The largest absolute Gasteiger partial charge is 0.400 e. The first-order valence-corrected chi connectivity index (χ1v) is 8.37. The van der Waals surface area contributed by atoms with Gasteiger partial charge in [-0.2, -0.15) is 30.4 Å². The molecule has 0 radical (unpaired) electrons. The molecule has 0 aromatic carbocycles. The number of alkyl halides is 6. The molecule has 1 N–H and O–H groups in total. The van der Waals surface area contributed by atoms with Crippen LogP contribution in [-0.2, 0) is 10.1 Å². The monoisotopic (exact) mass is 358 g/mol. The SMILES string of the molecule is O=S(=O)(O)C(F)(F)C(F)CCCCCCCCCC(F)(F)F. The Kier molecular flexibility index (Phi) is 8.74. The van der Waals surface area contributed by atoms with Crippen molar-refractivity contribution in [3.05, 3.63) is 0 Å². The Morgan fingerprint density at radius 2 is 1.23 bits per heavy atom. The molecule has 22 heavy (non-hydrogen) atoms. The van der Waals surface area contributed by atoms with E-state index in [9.17, 15) is 34.8 Å². The van der Waals surface area contributed by atoms with Gasteiger partial charge in [-0.25, -0.2) is 4.39 Å². The van der Waals surface area contributed by atoms with Crippen molar-refractivity contribution in [1.29, 1.82) is 0 Å². The maximum atomic E-state index is 13.1. The molecule has 0 spiro atoms. The van der Waals surface area contributed by atoms with E-state index in [0.717, 1.165) is 0 Å². The van der Waals surface area contributed by atoms with E-state index in [1.54, 1.807) is 0 Å². The number of halogens is 6. The number of hydrogen-bond donors (Lipinski definition) is 1. The third-order valence-electron chi connectivity index (χ3n) is 3.13. The summed E-state index contributed by atoms with van der Waals surface area (Å²) in [6.07, 6.45) is -6.15. The van der Waals surface area contributed by atoms with Gasteiger partial charge in [-0.3, -0.25) is 4.55 Å². The molecule has 3 nitrogen and oxygen atoms in total. The second-order valence-corrected chi connectivity index (χ2v) is 6.63. The van der Waals surface area contributed by atoms with Gasteiger partial charge < -0.3 is 0 Å². The zero-order valence-electron chi connectivity index (χ0n) is 11.9. The molecule has 0 aliphatic rings. The number of unbranched alkanes of at least 4 members (excludes halogenated alkanes) is 6. The van der Waals surface area contributed by atoms with Crippen LogP contribution in [0.1, 0.15) is 57.8 Å². The third kappa shape index (κ3) is 8.82. The van der Waals surface area contributed by atoms with Crippen LogP contribution in [0.3, 0.4) is 0 Å². The van der Waals surface area contributed by atoms with E-state index in [0.29, 0.717) is 32.1 Å². The standard InChI is InChI=1S/C12H20F6O3S/c13-10(12(17,18)22(19,20)21)8-6-4-2-1-3-5-7-9-11(14,15)16/h10H,1-9H2,(H,19,20,21). The summed E-state index contributed by atoms with van der Waals surface area (Å²) < 4.78 is 103. The number of rotatable bonds is 11. The minimum Gasteiger partial charge on any atom is -0.281 e. The molecule has 0 amide bonds. The average molecular weight is 358 g/mol. The molecular formula is C12H20F6O3S. The van der Waals surface area contributed by atoms with Gasteiger partial charge in [0.1, 0.15) is 0 Å². The minimum atomic E-state index is -5.77. The quantitative estimate of drug-likeness (QED) is 0.325. The zero-order valence-corrected chi connectivity index (χ0v) is 12.7. The highest BCUT2D eigenvalue weighted by molar-refractivity contribution is 7.86. The van der Waals surface area contributed by atoms with Gasteiger partial charge in [0.25, 0.3) is 0 Å². The summed E-state index contributed by atoms with van der Waals surface area (Å²) in [7, 11) is -5.77. The fourth-order valence-corrected chi connectivity index (χ4v) is 2.30. The van der Waals surface area contributed by atoms with Gasteiger partial charge in [-0.05, 0) is 12.8 Å². The van der Waals surface area contributed by atoms with Crippen molar-refractivity contribution >= 4 is 10.1 Å². The summed E-state index contributed by atoms with van der Waals surface area (Å²) in [4.78, 5) is 0. The summed E-state index contributed by atoms with van der Waals surface area (Å²) in [5.74, 6) is 0. The van der Waals surface area contributed by atoms with Gasteiger partial charge in [0.15, 0.2) is 6.17 Å². The van der Waals surface area contributed by atoms with Crippen LogP contribution in [0.4, 0.5) is 26.3 Å². The lowest BCUT2D eigenvalue weighted by Crippen LogP contribution is -2.38. The maximum absolute atomic E-state index is 13.1. The van der Waals surface area contributed by atoms with Crippen molar-refractivity contribution in [2.45, 2.75) is 75.4 Å². The van der Waals surface area contributed by atoms with E-state index in [4.69, 9.17) is 4.55 Å². The summed E-state index contributed by atoms with van der Waals surface area (Å²) in [5.41, 5.74) is 0. The molecule has 134 valence electrons. The lowest BCUT2D eigenvalue weighted by Gasteiger charge is -2.17. The van der Waals surface area contributed by atoms with E-state index >= 15 is 0 Å². The van der Waals surface area contributed by atoms with Crippen LogP contribution in [0.25, 0.3) is 0 Å². The van der Waals surface area contributed by atoms with Crippen LogP contribution in [-0.4, -0.2) is 30.6 Å². The van der Waals surface area contributed by atoms with Crippen LogP contribution >= 0.6 is 0 Å². The molecule has 0 bridgehead atoms. The van der Waals surface area contributed by atoms with Gasteiger partial charge in [0, 0.05) is 6.42 Å². The highest BCUT2D eigenvalue weighted by Gasteiger charge is 2.52. The topological polar surface area (TPSA) is 54.4 Å². The Morgan fingerprint density at radius 1 is 0.818 bits per heavy atom. The highest BCUT2D eigenvalue weighted by atomic mass is 32.2. The predicted molar refractivity (Wildman–Crippen MR) is 69.0 cm³/mol. The normalized spacial score (nSPS) is 15.0. The highest BCUT2D eigenvalue weighted by Crippen LogP contribution is 2.30. The zero-order chi connectivity index (χ0) is 17.4. The molecule has 0 heterocycles. The molecule has 10 heteroatoms. The second-order valence-electron chi connectivity index (χ2n) is 5.13. The van der Waals surface area contributed by atoms with Crippen LogP contribution in [0, 0.1) is 0 Å². The van der Waals surface area contributed by atoms with Gasteiger partial charge in [-0.15, -0.1) is 0 Å². The fourth-order valence-electron chi connectivity index (χ4n) is 1.86. The Hall–Kier alpha value is -0.510. The van der Waals surface area contributed by atoms with Crippen LogP contribution in [0.15, 0.2) is 0 Å². The van der Waals surface area contributed by atoms with E-state index in [1.807, 2.05) is 0 Å². The van der Waals surface area contributed by atoms with Gasteiger partial charge in [0.2, 0.25) is 0 Å². The van der Waals surface area contributed by atoms with Crippen LogP contribution in [0.2, 0.25) is 0 Å². The van der Waals surface area contributed by atoms with Gasteiger partial charge in [-0.1, -0.05) is 38.5 Å². The number of hydrogen-bond acceptors (Lipinski definition) is 2. The molecule has 0 aliphatic carbocycles. The third-order valence-corrected chi connectivity index (χ3v) is 4.07. The molecule has 0 fully saturated rings. The molecule has 0 saturated carbocycles. The van der Waals surface area contributed by atoms with Crippen molar-refractivity contribution < 1.29 is 39.3 Å². The first kappa shape index (κ1) is 21.5. The first-order valence-electron chi connectivity index (χ1n) is 6.93. The summed E-state index contributed by atoms with van der Waals surface area (Å²) in [6.45, 7) is 0. The summed E-state index contributed by atoms with van der Waals surface area (Å²) in [5, 5.41) is -4.81. The molecule has 0 aromatic rings. The predicted octanol–water partition coefficient (Wildman–Crippen LogP) is 4.88. The van der Waals surface area contributed by atoms with Crippen molar-refractivity contribution in [1.82, 2.24) is 0 Å². The van der Waals surface area contributed by atoms with Gasteiger partial charge in [0.05, 0.1) is 0 Å². The van der Waals surface area contributed by atoms with Crippen molar-refractivity contribution in [3.8, 4) is 0 Å². The van der Waals surface area contributed by atoms with E-state index in [1.165, 1.54) is 0 Å². The molecule has 1 unspecified atom stereocenters. The van der Waals surface area contributed by atoms with Crippen molar-refractivity contribution in [3.63, 3.8) is 0 Å². The van der Waals surface area contributed by atoms with Crippen molar-refractivity contribution in [2.24, 2.45) is 0 Å². The second kappa shape index (κ2) is 8.95. The summed E-state index contributed by atoms with van der Waals surface area (Å²) in [6, 6.07) is 0. The van der Waals surface area contributed by atoms with Crippen molar-refractivity contribution in [2.75, 3.05) is 0 Å². The van der Waals surface area contributed by atoms with Crippen LogP contribution < -0.4 is 0 Å². The maximum Gasteiger partial charge on any atom is 0.400 e. The molecular weight excluding hydrogens is 338 g/mol. The lowest BCUT2D eigenvalue weighted by atomic mass is 10.1. The average Bonchev–Trinajstić information content (AvgIpc) is 2.33. The Morgan fingerprint density at radius 3 is 1.64 bits per heavy atom. The smallest absolute Gasteiger partial charge is 0.281 e. The first-order chi connectivity index (χ1) is 9.88. The molecule has 0 aliphatic heterocycles.